The van der Waals surface area contributed by atoms with Crippen LogP contribution in [0.3, 0.4) is 0 Å². The molecule has 0 aliphatic carbocycles. The minimum absolute atomic E-state index is 0.0465. The van der Waals surface area contributed by atoms with Gasteiger partial charge in [-0.25, -0.2) is 4.98 Å². The Morgan fingerprint density at radius 1 is 1.21 bits per heavy atom. The van der Waals surface area contributed by atoms with E-state index in [0.717, 1.165) is 35.7 Å². The highest BCUT2D eigenvalue weighted by atomic mass is 16.5. The van der Waals surface area contributed by atoms with Crippen LogP contribution in [0.1, 0.15) is 23.7 Å². The number of fused-ring (bicyclic) bond motifs is 1. The zero-order valence-electron chi connectivity index (χ0n) is 15.9. The van der Waals surface area contributed by atoms with Crippen LogP contribution in [0, 0.1) is 0 Å². The number of aromatic amines is 1. The molecule has 0 fully saturated rings. The Hall–Kier alpha value is -3.12. The van der Waals surface area contributed by atoms with Gasteiger partial charge in [0.1, 0.15) is 11.6 Å². The van der Waals surface area contributed by atoms with E-state index in [1.54, 1.807) is 0 Å². The molecule has 0 saturated heterocycles. The number of nitrogens with one attached hydrogen (secondary N) is 1. The predicted octanol–water partition coefficient (Wildman–Crippen LogP) is 2.98. The largest absolute Gasteiger partial charge is 0.494 e. The SMILES string of the molecule is CCOc1cccc(CN2CCc3c(nc(-c4ccc(N)cc4)[nH]c3=O)C2)c1. The van der Waals surface area contributed by atoms with Crippen molar-refractivity contribution >= 4 is 5.69 Å². The van der Waals surface area contributed by atoms with E-state index in [1.807, 2.05) is 43.3 Å². The second kappa shape index (κ2) is 7.86. The van der Waals surface area contributed by atoms with Crippen molar-refractivity contribution in [3.05, 3.63) is 75.7 Å². The average molecular weight is 376 g/mol. The minimum Gasteiger partial charge on any atom is -0.494 e. The lowest BCUT2D eigenvalue weighted by molar-refractivity contribution is 0.240. The van der Waals surface area contributed by atoms with Crippen LogP contribution in [0.25, 0.3) is 11.4 Å². The maximum atomic E-state index is 12.6. The standard InChI is InChI=1S/C22H24N4O2/c1-2-28-18-5-3-4-15(12-18)13-26-11-10-19-20(14-26)24-21(25-22(19)27)16-6-8-17(23)9-7-16/h3-9,12H,2,10-11,13-14,23H2,1H3,(H,24,25,27). The number of nitrogen functional groups attached to an aromatic ring is 1. The Kier molecular flexibility index (Phi) is 5.12. The van der Waals surface area contributed by atoms with Crippen molar-refractivity contribution < 1.29 is 4.74 Å². The predicted molar refractivity (Wildman–Crippen MR) is 110 cm³/mol. The van der Waals surface area contributed by atoms with E-state index < -0.39 is 0 Å². The van der Waals surface area contributed by atoms with Gasteiger partial charge in [0.2, 0.25) is 0 Å². The number of nitrogens with zero attached hydrogens (tertiary/aromatic N) is 2. The average Bonchev–Trinajstić information content (AvgIpc) is 2.69. The van der Waals surface area contributed by atoms with Crippen LogP contribution >= 0.6 is 0 Å². The van der Waals surface area contributed by atoms with E-state index in [2.05, 4.69) is 22.0 Å². The van der Waals surface area contributed by atoms with Gasteiger partial charge in [-0.3, -0.25) is 9.69 Å². The fraction of sp³-hybridized carbons (Fsp3) is 0.273. The molecule has 0 atom stereocenters. The molecule has 0 unspecified atom stereocenters. The first-order chi connectivity index (χ1) is 13.6. The number of aromatic nitrogens is 2. The molecule has 144 valence electrons. The van der Waals surface area contributed by atoms with Gasteiger partial charge in [0, 0.05) is 36.4 Å². The first-order valence-corrected chi connectivity index (χ1v) is 9.54. The Labute approximate surface area is 164 Å². The molecule has 1 aliphatic heterocycles. The van der Waals surface area contributed by atoms with Gasteiger partial charge in [-0.2, -0.15) is 0 Å². The highest BCUT2D eigenvalue weighted by Gasteiger charge is 2.21. The second-order valence-corrected chi connectivity index (χ2v) is 7.00. The third kappa shape index (κ3) is 3.92. The molecular formula is C22H24N4O2. The zero-order valence-corrected chi connectivity index (χ0v) is 15.9. The molecule has 0 saturated carbocycles. The monoisotopic (exact) mass is 376 g/mol. The lowest BCUT2D eigenvalue weighted by atomic mass is 10.0. The molecule has 0 spiro atoms. The van der Waals surface area contributed by atoms with Crippen LogP contribution in [-0.2, 0) is 19.5 Å². The fourth-order valence-corrected chi connectivity index (χ4v) is 3.56. The smallest absolute Gasteiger partial charge is 0.254 e. The summed E-state index contributed by atoms with van der Waals surface area (Å²) in [5, 5.41) is 0. The van der Waals surface area contributed by atoms with E-state index in [0.29, 0.717) is 31.1 Å². The Morgan fingerprint density at radius 3 is 2.82 bits per heavy atom. The summed E-state index contributed by atoms with van der Waals surface area (Å²) in [6.07, 6.45) is 0.699. The van der Waals surface area contributed by atoms with Crippen LogP contribution in [0.2, 0.25) is 0 Å². The zero-order chi connectivity index (χ0) is 19.5. The van der Waals surface area contributed by atoms with E-state index >= 15 is 0 Å². The lowest BCUT2D eigenvalue weighted by Crippen LogP contribution is -2.35. The Balaban J connectivity index is 1.56. The normalized spacial score (nSPS) is 13.9. The number of rotatable bonds is 5. The van der Waals surface area contributed by atoms with Crippen molar-refractivity contribution in [2.45, 2.75) is 26.4 Å². The maximum absolute atomic E-state index is 12.6. The molecule has 2 aromatic carbocycles. The fourth-order valence-electron chi connectivity index (χ4n) is 3.56. The molecule has 4 rings (SSSR count). The number of H-pyrrole nitrogens is 1. The van der Waals surface area contributed by atoms with Gasteiger partial charge >= 0.3 is 0 Å². The summed E-state index contributed by atoms with van der Waals surface area (Å²) in [6.45, 7) is 4.92. The molecule has 3 aromatic rings. The molecule has 1 aliphatic rings. The highest BCUT2D eigenvalue weighted by Crippen LogP contribution is 2.22. The van der Waals surface area contributed by atoms with Crippen LogP contribution in [0.4, 0.5) is 5.69 Å². The summed E-state index contributed by atoms with van der Waals surface area (Å²) in [5.41, 5.74) is 10.1. The van der Waals surface area contributed by atoms with Gasteiger partial charge < -0.3 is 15.5 Å². The first kappa shape index (κ1) is 18.3. The van der Waals surface area contributed by atoms with Gasteiger partial charge in [-0.15, -0.1) is 0 Å². The summed E-state index contributed by atoms with van der Waals surface area (Å²) < 4.78 is 5.60. The van der Waals surface area contributed by atoms with Crippen molar-refractivity contribution in [2.24, 2.45) is 0 Å². The molecule has 0 amide bonds. The molecule has 1 aromatic heterocycles. The molecule has 0 bridgehead atoms. The van der Waals surface area contributed by atoms with Crippen molar-refractivity contribution in [3.63, 3.8) is 0 Å². The Morgan fingerprint density at radius 2 is 2.04 bits per heavy atom. The Bertz CT molecular complexity index is 1030. The molecule has 6 heteroatoms. The molecule has 6 nitrogen and oxygen atoms in total. The molecule has 2 heterocycles. The molecule has 3 N–H and O–H groups in total. The van der Waals surface area contributed by atoms with E-state index in [-0.39, 0.29) is 5.56 Å². The number of anilines is 1. The topological polar surface area (TPSA) is 84.2 Å². The second-order valence-electron chi connectivity index (χ2n) is 7.00. The van der Waals surface area contributed by atoms with Crippen molar-refractivity contribution in [3.8, 4) is 17.1 Å². The van der Waals surface area contributed by atoms with Crippen LogP contribution < -0.4 is 16.0 Å². The highest BCUT2D eigenvalue weighted by molar-refractivity contribution is 5.58. The number of hydrogen-bond acceptors (Lipinski definition) is 5. The van der Waals surface area contributed by atoms with Gasteiger partial charge in [-0.05, 0) is 55.3 Å². The van der Waals surface area contributed by atoms with Crippen molar-refractivity contribution in [2.75, 3.05) is 18.9 Å². The van der Waals surface area contributed by atoms with Gasteiger partial charge in [0.15, 0.2) is 0 Å². The van der Waals surface area contributed by atoms with E-state index in [4.69, 9.17) is 15.5 Å². The number of hydrogen-bond donors (Lipinski definition) is 2. The first-order valence-electron chi connectivity index (χ1n) is 9.54. The number of benzene rings is 2. The summed E-state index contributed by atoms with van der Waals surface area (Å²) in [7, 11) is 0. The third-order valence-electron chi connectivity index (χ3n) is 4.95. The van der Waals surface area contributed by atoms with Crippen molar-refractivity contribution in [1.29, 1.82) is 0 Å². The van der Waals surface area contributed by atoms with Crippen LogP contribution in [-0.4, -0.2) is 28.0 Å². The summed E-state index contributed by atoms with van der Waals surface area (Å²) in [6, 6.07) is 15.5. The summed E-state index contributed by atoms with van der Waals surface area (Å²) in [4.78, 5) is 22.5. The van der Waals surface area contributed by atoms with Gasteiger partial charge in [0.25, 0.3) is 5.56 Å². The molecular weight excluding hydrogens is 352 g/mol. The number of nitrogens with two attached hydrogens (primary N) is 1. The van der Waals surface area contributed by atoms with E-state index in [9.17, 15) is 4.79 Å². The third-order valence-corrected chi connectivity index (χ3v) is 4.95. The maximum Gasteiger partial charge on any atom is 0.254 e. The van der Waals surface area contributed by atoms with Crippen molar-refractivity contribution in [1.82, 2.24) is 14.9 Å². The lowest BCUT2D eigenvalue weighted by Gasteiger charge is -2.27. The minimum atomic E-state index is -0.0465. The van der Waals surface area contributed by atoms with Gasteiger partial charge in [-0.1, -0.05) is 12.1 Å². The van der Waals surface area contributed by atoms with Crippen LogP contribution in [0.15, 0.2) is 53.3 Å². The quantitative estimate of drug-likeness (QED) is 0.669. The molecule has 0 radical (unpaired) electrons. The van der Waals surface area contributed by atoms with Crippen LogP contribution in [0.5, 0.6) is 5.75 Å². The summed E-state index contributed by atoms with van der Waals surface area (Å²) in [5.74, 6) is 1.47. The van der Waals surface area contributed by atoms with E-state index in [1.165, 1.54) is 5.56 Å². The number of ether oxygens (including phenoxy) is 1. The molecule has 28 heavy (non-hydrogen) atoms. The van der Waals surface area contributed by atoms with Gasteiger partial charge in [0.05, 0.1) is 12.3 Å². The summed E-state index contributed by atoms with van der Waals surface area (Å²) >= 11 is 0.